The fourth-order valence-electron chi connectivity index (χ4n) is 3.82. The van der Waals surface area contributed by atoms with Gasteiger partial charge in [0.1, 0.15) is 17.5 Å². The smallest absolute Gasteiger partial charge is 0.138 e. The van der Waals surface area contributed by atoms with Crippen molar-refractivity contribution in [1.29, 1.82) is 5.26 Å². The van der Waals surface area contributed by atoms with E-state index in [2.05, 4.69) is 65.2 Å². The summed E-state index contributed by atoms with van der Waals surface area (Å²) < 4.78 is 2.13. The summed E-state index contributed by atoms with van der Waals surface area (Å²) in [5.41, 5.74) is 5.57. The second-order valence-corrected chi connectivity index (χ2v) is 7.60. The molecule has 0 radical (unpaired) electrons. The van der Waals surface area contributed by atoms with Crippen molar-refractivity contribution < 1.29 is 0 Å². The Bertz CT molecular complexity index is 1140. The summed E-state index contributed by atoms with van der Waals surface area (Å²) in [7, 11) is 0. The van der Waals surface area contributed by atoms with Crippen LogP contribution >= 0.6 is 0 Å². The molecule has 0 fully saturated rings. The van der Waals surface area contributed by atoms with Crippen molar-refractivity contribution in [3.8, 4) is 6.07 Å². The lowest BCUT2D eigenvalue weighted by Gasteiger charge is -2.15. The zero-order chi connectivity index (χ0) is 20.8. The maximum atomic E-state index is 9.80. The Morgan fingerprint density at radius 3 is 2.20 bits per heavy atom. The van der Waals surface area contributed by atoms with Crippen molar-refractivity contribution in [1.82, 2.24) is 9.38 Å². The number of imidazole rings is 1. The Hall–Kier alpha value is -3.58. The highest BCUT2D eigenvalue weighted by atomic mass is 15.2. The molecular formula is C26H26N4. The van der Waals surface area contributed by atoms with Gasteiger partial charge in [-0.2, -0.15) is 5.26 Å². The first-order chi connectivity index (χ1) is 14.7. The molecular weight excluding hydrogens is 368 g/mol. The van der Waals surface area contributed by atoms with Crippen molar-refractivity contribution >= 4 is 11.5 Å². The molecule has 0 aliphatic heterocycles. The largest absolute Gasteiger partial charge is 0.354 e. The van der Waals surface area contributed by atoms with Crippen LogP contribution in [0.2, 0.25) is 0 Å². The zero-order valence-electron chi connectivity index (χ0n) is 17.3. The van der Waals surface area contributed by atoms with Gasteiger partial charge in [-0.25, -0.2) is 4.98 Å². The first-order valence-corrected chi connectivity index (χ1v) is 10.5. The average molecular weight is 395 g/mol. The highest BCUT2D eigenvalue weighted by Crippen LogP contribution is 2.24. The standard InChI is InChI=1S/C26H26N4/c1-20-9-8-14-25-29-24(18-16-22-12-6-3-7-13-22)26(30(20)25)28-23(19-27)17-15-21-10-4-2-5-11-21/h2-14,23,28H,15-18H2,1H3. The highest BCUT2D eigenvalue weighted by Gasteiger charge is 2.17. The molecule has 0 saturated carbocycles. The van der Waals surface area contributed by atoms with Gasteiger partial charge < -0.3 is 5.32 Å². The van der Waals surface area contributed by atoms with Gasteiger partial charge in [-0.1, -0.05) is 66.7 Å². The maximum Gasteiger partial charge on any atom is 0.138 e. The van der Waals surface area contributed by atoms with Crippen LogP contribution in [-0.4, -0.2) is 15.4 Å². The number of benzene rings is 2. The van der Waals surface area contributed by atoms with Gasteiger partial charge in [-0.05, 0) is 55.9 Å². The number of hydrogen-bond acceptors (Lipinski definition) is 3. The Morgan fingerprint density at radius 2 is 1.53 bits per heavy atom. The topological polar surface area (TPSA) is 53.1 Å². The number of nitrogens with zero attached hydrogens (tertiary/aromatic N) is 3. The zero-order valence-corrected chi connectivity index (χ0v) is 17.3. The third-order valence-corrected chi connectivity index (χ3v) is 5.44. The van der Waals surface area contributed by atoms with Gasteiger partial charge in [0, 0.05) is 5.69 Å². The Morgan fingerprint density at radius 1 is 0.867 bits per heavy atom. The molecule has 0 bridgehead atoms. The molecule has 4 rings (SSSR count). The predicted molar refractivity (Wildman–Crippen MR) is 122 cm³/mol. The summed E-state index contributed by atoms with van der Waals surface area (Å²) in [4.78, 5) is 4.89. The number of fused-ring (bicyclic) bond motifs is 1. The number of aromatic nitrogens is 2. The van der Waals surface area contributed by atoms with Gasteiger partial charge in [-0.3, -0.25) is 4.40 Å². The van der Waals surface area contributed by atoms with Gasteiger partial charge in [-0.15, -0.1) is 0 Å². The summed E-state index contributed by atoms with van der Waals surface area (Å²) in [6.07, 6.45) is 3.35. The Balaban J connectivity index is 1.58. The first kappa shape index (κ1) is 19.7. The van der Waals surface area contributed by atoms with Crippen LogP contribution in [0.25, 0.3) is 5.65 Å². The minimum absolute atomic E-state index is 0.278. The third kappa shape index (κ3) is 4.52. The summed E-state index contributed by atoms with van der Waals surface area (Å²) in [5, 5.41) is 13.3. The van der Waals surface area contributed by atoms with Gasteiger partial charge in [0.15, 0.2) is 0 Å². The van der Waals surface area contributed by atoms with Crippen LogP contribution in [0.3, 0.4) is 0 Å². The second kappa shape index (κ2) is 9.28. The molecule has 0 spiro atoms. The van der Waals surface area contributed by atoms with Crippen LogP contribution in [0.4, 0.5) is 5.82 Å². The van der Waals surface area contributed by atoms with Crippen molar-refractivity contribution in [3.05, 3.63) is 101 Å². The molecule has 4 aromatic rings. The Labute approximate surface area is 177 Å². The van der Waals surface area contributed by atoms with E-state index in [1.165, 1.54) is 11.1 Å². The van der Waals surface area contributed by atoms with Crippen molar-refractivity contribution in [2.75, 3.05) is 5.32 Å². The van der Waals surface area contributed by atoms with E-state index in [0.717, 1.165) is 48.5 Å². The molecule has 2 heterocycles. The molecule has 30 heavy (non-hydrogen) atoms. The fraction of sp³-hybridized carbons (Fsp3) is 0.231. The monoisotopic (exact) mass is 394 g/mol. The quantitative estimate of drug-likeness (QED) is 0.437. The third-order valence-electron chi connectivity index (χ3n) is 5.44. The number of nitriles is 1. The van der Waals surface area contributed by atoms with E-state index in [-0.39, 0.29) is 6.04 Å². The van der Waals surface area contributed by atoms with Gasteiger partial charge in [0.25, 0.3) is 0 Å². The summed E-state index contributed by atoms with van der Waals surface area (Å²) in [5.74, 6) is 0.943. The van der Waals surface area contributed by atoms with E-state index in [4.69, 9.17) is 4.98 Å². The lowest BCUT2D eigenvalue weighted by Crippen LogP contribution is -2.20. The number of nitrogens with one attached hydrogen (secondary N) is 1. The molecule has 4 heteroatoms. The molecule has 2 aromatic carbocycles. The van der Waals surface area contributed by atoms with Crippen LogP contribution in [0.1, 0.15) is 28.9 Å². The molecule has 0 amide bonds. The molecule has 0 saturated heterocycles. The van der Waals surface area contributed by atoms with E-state index in [1.807, 2.05) is 36.4 Å². The molecule has 1 unspecified atom stereocenters. The van der Waals surface area contributed by atoms with Crippen LogP contribution in [0.15, 0.2) is 78.9 Å². The molecule has 0 aliphatic rings. The van der Waals surface area contributed by atoms with Gasteiger partial charge in [0.2, 0.25) is 0 Å². The first-order valence-electron chi connectivity index (χ1n) is 10.5. The van der Waals surface area contributed by atoms with E-state index < -0.39 is 0 Å². The maximum absolute atomic E-state index is 9.80. The number of pyridine rings is 1. The number of hydrogen-bond donors (Lipinski definition) is 1. The highest BCUT2D eigenvalue weighted by molar-refractivity contribution is 5.57. The van der Waals surface area contributed by atoms with Crippen molar-refractivity contribution in [2.24, 2.45) is 0 Å². The molecule has 0 aliphatic carbocycles. The van der Waals surface area contributed by atoms with Crippen LogP contribution in [0, 0.1) is 18.3 Å². The average Bonchev–Trinajstić information content (AvgIpc) is 3.15. The van der Waals surface area contributed by atoms with E-state index in [9.17, 15) is 5.26 Å². The lowest BCUT2D eigenvalue weighted by molar-refractivity contribution is 0.760. The minimum Gasteiger partial charge on any atom is -0.354 e. The normalized spacial score (nSPS) is 11.9. The van der Waals surface area contributed by atoms with Crippen LogP contribution in [-0.2, 0) is 19.3 Å². The minimum atomic E-state index is -0.278. The predicted octanol–water partition coefficient (Wildman–Crippen LogP) is 5.36. The van der Waals surface area contributed by atoms with E-state index in [1.54, 1.807) is 0 Å². The summed E-state index contributed by atoms with van der Waals surface area (Å²) in [6.45, 7) is 2.08. The number of rotatable bonds is 8. The fourth-order valence-corrected chi connectivity index (χ4v) is 3.82. The Kier molecular flexibility index (Phi) is 6.10. The van der Waals surface area contributed by atoms with Gasteiger partial charge >= 0.3 is 0 Å². The lowest BCUT2D eigenvalue weighted by atomic mass is 10.1. The molecule has 4 nitrogen and oxygen atoms in total. The van der Waals surface area contributed by atoms with E-state index in [0.29, 0.717) is 0 Å². The second-order valence-electron chi connectivity index (χ2n) is 7.60. The summed E-state index contributed by atoms with van der Waals surface area (Å²) >= 11 is 0. The SMILES string of the molecule is Cc1cccc2nc(CCc3ccccc3)c(NC(C#N)CCc3ccccc3)n12. The molecule has 150 valence electrons. The molecule has 1 N–H and O–H groups in total. The molecule has 1 atom stereocenters. The number of aryl methyl sites for hydroxylation is 4. The van der Waals surface area contributed by atoms with Crippen LogP contribution in [0.5, 0.6) is 0 Å². The van der Waals surface area contributed by atoms with Crippen molar-refractivity contribution in [2.45, 2.75) is 38.6 Å². The van der Waals surface area contributed by atoms with Crippen LogP contribution < -0.4 is 5.32 Å². The van der Waals surface area contributed by atoms with E-state index >= 15 is 0 Å². The van der Waals surface area contributed by atoms with Gasteiger partial charge in [0.05, 0.1) is 11.8 Å². The van der Waals surface area contributed by atoms with Crippen molar-refractivity contribution in [3.63, 3.8) is 0 Å². The molecule has 2 aromatic heterocycles. The summed E-state index contributed by atoms with van der Waals surface area (Å²) in [6, 6.07) is 29.1. The number of anilines is 1.